The molecule has 0 atom stereocenters. The third-order valence-electron chi connectivity index (χ3n) is 2.95. The van der Waals surface area contributed by atoms with E-state index in [9.17, 15) is 0 Å². The molecule has 21 heavy (non-hydrogen) atoms. The van der Waals surface area contributed by atoms with Gasteiger partial charge in [-0.1, -0.05) is 43.3 Å². The molecule has 0 fully saturated rings. The molecule has 0 saturated carbocycles. The first-order chi connectivity index (χ1) is 10.2. The van der Waals surface area contributed by atoms with Crippen LogP contribution in [-0.2, 0) is 6.61 Å². The van der Waals surface area contributed by atoms with E-state index in [1.807, 2.05) is 30.3 Å². The van der Waals surface area contributed by atoms with Crippen molar-refractivity contribution in [3.63, 3.8) is 0 Å². The summed E-state index contributed by atoms with van der Waals surface area (Å²) in [7, 11) is -1.47. The van der Waals surface area contributed by atoms with Gasteiger partial charge in [-0.15, -0.1) is 0 Å². The molecule has 0 radical (unpaired) electrons. The number of ether oxygens (including phenoxy) is 2. The Kier molecular flexibility index (Phi) is 5.66. The van der Waals surface area contributed by atoms with Crippen molar-refractivity contribution in [3.05, 3.63) is 54.1 Å². The summed E-state index contributed by atoms with van der Waals surface area (Å²) in [6, 6.07) is 14.5. The van der Waals surface area contributed by atoms with E-state index in [4.69, 9.17) is 19.5 Å². The summed E-state index contributed by atoms with van der Waals surface area (Å²) in [5.74, 6) is 1.40. The Morgan fingerprint density at radius 3 is 2.33 bits per heavy atom. The van der Waals surface area contributed by atoms with Crippen molar-refractivity contribution in [3.8, 4) is 11.5 Å². The van der Waals surface area contributed by atoms with Gasteiger partial charge in [-0.25, -0.2) is 0 Å². The van der Waals surface area contributed by atoms with Gasteiger partial charge < -0.3 is 19.5 Å². The number of hydrogen-bond acceptors (Lipinski definition) is 4. The van der Waals surface area contributed by atoms with Crippen LogP contribution in [0, 0.1) is 0 Å². The molecule has 0 aliphatic heterocycles. The molecule has 0 unspecified atom stereocenters. The van der Waals surface area contributed by atoms with Crippen LogP contribution in [0.15, 0.2) is 48.5 Å². The first-order valence-electron chi connectivity index (χ1n) is 7.00. The summed E-state index contributed by atoms with van der Waals surface area (Å²) >= 11 is 0. The van der Waals surface area contributed by atoms with Crippen molar-refractivity contribution >= 4 is 12.6 Å². The molecular weight excluding hydrogens is 267 g/mol. The lowest BCUT2D eigenvalue weighted by Gasteiger charge is -2.12. The smallest absolute Gasteiger partial charge is 0.488 e. The van der Waals surface area contributed by atoms with E-state index in [1.54, 1.807) is 18.2 Å². The van der Waals surface area contributed by atoms with Crippen molar-refractivity contribution in [1.82, 2.24) is 0 Å². The Labute approximate surface area is 125 Å². The van der Waals surface area contributed by atoms with Gasteiger partial charge in [0.2, 0.25) is 0 Å². The molecule has 2 N–H and O–H groups in total. The molecule has 2 rings (SSSR count). The van der Waals surface area contributed by atoms with Crippen LogP contribution in [0.2, 0.25) is 0 Å². The molecule has 0 heterocycles. The monoisotopic (exact) mass is 286 g/mol. The van der Waals surface area contributed by atoms with Crippen LogP contribution in [0.4, 0.5) is 0 Å². The summed E-state index contributed by atoms with van der Waals surface area (Å²) in [5, 5.41) is 18.3. The number of para-hydroxylation sites is 2. The van der Waals surface area contributed by atoms with E-state index in [1.165, 1.54) is 0 Å². The Morgan fingerprint density at radius 2 is 1.67 bits per heavy atom. The highest BCUT2D eigenvalue weighted by Crippen LogP contribution is 2.27. The van der Waals surface area contributed by atoms with Crippen LogP contribution in [0.3, 0.4) is 0 Å². The van der Waals surface area contributed by atoms with Gasteiger partial charge in [-0.2, -0.15) is 0 Å². The maximum absolute atomic E-state index is 9.17. The van der Waals surface area contributed by atoms with Crippen LogP contribution >= 0.6 is 0 Å². The average Bonchev–Trinajstić information content (AvgIpc) is 2.52. The van der Waals surface area contributed by atoms with Gasteiger partial charge >= 0.3 is 7.12 Å². The minimum absolute atomic E-state index is 0.340. The molecule has 4 nitrogen and oxygen atoms in total. The fraction of sp³-hybridized carbons (Fsp3) is 0.250. The Morgan fingerprint density at radius 1 is 0.952 bits per heavy atom. The van der Waals surface area contributed by atoms with Gasteiger partial charge in [0.25, 0.3) is 0 Å². The van der Waals surface area contributed by atoms with E-state index in [2.05, 4.69) is 6.92 Å². The molecule has 2 aromatic rings. The van der Waals surface area contributed by atoms with E-state index in [-0.39, 0.29) is 0 Å². The molecule has 0 aliphatic rings. The summed E-state index contributed by atoms with van der Waals surface area (Å²) < 4.78 is 11.4. The zero-order valence-corrected chi connectivity index (χ0v) is 12.0. The fourth-order valence-corrected chi connectivity index (χ4v) is 1.91. The minimum atomic E-state index is -1.47. The average molecular weight is 286 g/mol. The number of benzene rings is 2. The molecule has 0 amide bonds. The highest BCUT2D eigenvalue weighted by Gasteiger charge is 2.11. The molecule has 0 saturated heterocycles. The summed E-state index contributed by atoms with van der Waals surface area (Å²) in [6.45, 7) is 3.04. The second-order valence-corrected chi connectivity index (χ2v) is 4.70. The largest absolute Gasteiger partial charge is 0.490 e. The lowest BCUT2D eigenvalue weighted by molar-refractivity contribution is 0.262. The predicted molar refractivity (Wildman–Crippen MR) is 82.8 cm³/mol. The van der Waals surface area contributed by atoms with Crippen LogP contribution in [0.1, 0.15) is 18.9 Å². The SMILES string of the molecule is CCCOc1ccccc1OCc1cccc(B(O)O)c1. The fourth-order valence-electron chi connectivity index (χ4n) is 1.91. The van der Waals surface area contributed by atoms with E-state index in [0.29, 0.717) is 24.4 Å². The highest BCUT2D eigenvalue weighted by atomic mass is 16.5. The van der Waals surface area contributed by atoms with Gasteiger partial charge in [0.15, 0.2) is 11.5 Å². The van der Waals surface area contributed by atoms with E-state index in [0.717, 1.165) is 17.7 Å². The lowest BCUT2D eigenvalue weighted by Crippen LogP contribution is -2.29. The third kappa shape index (κ3) is 4.51. The van der Waals surface area contributed by atoms with E-state index < -0.39 is 7.12 Å². The summed E-state index contributed by atoms with van der Waals surface area (Å²) in [6.07, 6.45) is 0.935. The second kappa shape index (κ2) is 7.71. The predicted octanol–water partition coefficient (Wildman–Crippen LogP) is 1.73. The maximum Gasteiger partial charge on any atom is 0.488 e. The number of hydrogen-bond donors (Lipinski definition) is 2. The summed E-state index contributed by atoms with van der Waals surface area (Å²) in [5.41, 5.74) is 1.32. The normalized spacial score (nSPS) is 10.2. The van der Waals surface area contributed by atoms with Crippen molar-refractivity contribution in [2.75, 3.05) is 6.61 Å². The molecule has 110 valence electrons. The second-order valence-electron chi connectivity index (χ2n) is 4.70. The van der Waals surface area contributed by atoms with Gasteiger partial charge in [0.05, 0.1) is 6.61 Å². The van der Waals surface area contributed by atoms with Crippen molar-refractivity contribution < 1.29 is 19.5 Å². The lowest BCUT2D eigenvalue weighted by atomic mass is 9.80. The van der Waals surface area contributed by atoms with Crippen molar-refractivity contribution in [1.29, 1.82) is 0 Å². The van der Waals surface area contributed by atoms with Crippen LogP contribution in [0.5, 0.6) is 11.5 Å². The topological polar surface area (TPSA) is 58.9 Å². The third-order valence-corrected chi connectivity index (χ3v) is 2.95. The van der Waals surface area contributed by atoms with Gasteiger partial charge in [0, 0.05) is 0 Å². The molecular formula is C16H19BO4. The maximum atomic E-state index is 9.17. The Hall–Kier alpha value is -1.98. The minimum Gasteiger partial charge on any atom is -0.490 e. The molecule has 0 aliphatic carbocycles. The van der Waals surface area contributed by atoms with Gasteiger partial charge in [0.1, 0.15) is 6.61 Å². The first-order valence-corrected chi connectivity index (χ1v) is 7.00. The highest BCUT2D eigenvalue weighted by molar-refractivity contribution is 6.58. The van der Waals surface area contributed by atoms with Gasteiger partial charge in [-0.05, 0) is 29.6 Å². The Bertz CT molecular complexity index is 572. The molecule has 0 spiro atoms. The van der Waals surface area contributed by atoms with Crippen LogP contribution in [0.25, 0.3) is 0 Å². The number of rotatable bonds is 7. The Balaban J connectivity index is 2.04. The van der Waals surface area contributed by atoms with Gasteiger partial charge in [-0.3, -0.25) is 0 Å². The quantitative estimate of drug-likeness (QED) is 0.761. The zero-order chi connectivity index (χ0) is 15.1. The summed E-state index contributed by atoms with van der Waals surface area (Å²) in [4.78, 5) is 0. The molecule has 2 aromatic carbocycles. The van der Waals surface area contributed by atoms with Crippen molar-refractivity contribution in [2.45, 2.75) is 20.0 Å². The molecule has 0 aromatic heterocycles. The van der Waals surface area contributed by atoms with Crippen LogP contribution in [-0.4, -0.2) is 23.8 Å². The zero-order valence-electron chi connectivity index (χ0n) is 12.0. The van der Waals surface area contributed by atoms with E-state index >= 15 is 0 Å². The standard InChI is InChI=1S/C16H19BO4/c1-2-10-20-15-8-3-4-9-16(15)21-12-13-6-5-7-14(11-13)17(18)19/h3-9,11,18-19H,2,10,12H2,1H3. The molecule has 5 heteroatoms. The van der Waals surface area contributed by atoms with Crippen LogP contribution < -0.4 is 14.9 Å². The molecule has 0 bridgehead atoms. The first kappa shape index (κ1) is 15.4. The van der Waals surface area contributed by atoms with Crippen molar-refractivity contribution in [2.24, 2.45) is 0 Å².